The normalized spacial score (nSPS) is 15.5. The third-order valence-corrected chi connectivity index (χ3v) is 4.29. The SMILES string of the molecule is CN(C)CCNCCSc1nnc2n1CCCCC2. The first kappa shape index (κ1) is 14.8. The first-order valence-corrected chi connectivity index (χ1v) is 8.16. The molecule has 0 aromatic carbocycles. The van der Waals surface area contributed by atoms with Gasteiger partial charge in [0.2, 0.25) is 0 Å². The van der Waals surface area contributed by atoms with Crippen LogP contribution in [0.25, 0.3) is 0 Å². The van der Waals surface area contributed by atoms with E-state index in [9.17, 15) is 0 Å². The van der Waals surface area contributed by atoms with E-state index in [0.717, 1.165) is 43.5 Å². The van der Waals surface area contributed by atoms with Crippen molar-refractivity contribution >= 4 is 11.8 Å². The Kier molecular flexibility index (Phi) is 6.13. The second-order valence-corrected chi connectivity index (χ2v) is 6.32. The summed E-state index contributed by atoms with van der Waals surface area (Å²) in [5, 5.41) is 13.2. The number of fused-ring (bicyclic) bond motifs is 1. The molecule has 108 valence electrons. The van der Waals surface area contributed by atoms with Gasteiger partial charge in [0.15, 0.2) is 5.16 Å². The fourth-order valence-electron chi connectivity index (χ4n) is 2.21. The molecule has 2 heterocycles. The lowest BCUT2D eigenvalue weighted by atomic mass is 10.2. The lowest BCUT2D eigenvalue weighted by Gasteiger charge is -2.10. The van der Waals surface area contributed by atoms with Gasteiger partial charge in [0.25, 0.3) is 0 Å². The van der Waals surface area contributed by atoms with Gasteiger partial charge in [-0.2, -0.15) is 0 Å². The molecule has 6 heteroatoms. The second kappa shape index (κ2) is 7.87. The van der Waals surface area contributed by atoms with E-state index in [1.807, 2.05) is 11.8 Å². The van der Waals surface area contributed by atoms with Crippen molar-refractivity contribution in [3.8, 4) is 0 Å². The molecule has 2 rings (SSSR count). The number of thioether (sulfide) groups is 1. The minimum atomic E-state index is 1.03. The van der Waals surface area contributed by atoms with Crippen molar-refractivity contribution in [3.63, 3.8) is 0 Å². The molecular formula is C13H25N5S. The molecule has 0 saturated heterocycles. The Labute approximate surface area is 120 Å². The molecule has 1 aliphatic rings. The van der Waals surface area contributed by atoms with Gasteiger partial charge in [0.05, 0.1) is 0 Å². The van der Waals surface area contributed by atoms with Gasteiger partial charge in [-0.25, -0.2) is 0 Å². The molecule has 0 unspecified atom stereocenters. The largest absolute Gasteiger partial charge is 0.315 e. The molecular weight excluding hydrogens is 258 g/mol. The zero-order valence-corrected chi connectivity index (χ0v) is 12.9. The third kappa shape index (κ3) is 4.78. The highest BCUT2D eigenvalue weighted by Crippen LogP contribution is 2.21. The maximum absolute atomic E-state index is 4.33. The van der Waals surface area contributed by atoms with Crippen molar-refractivity contribution in [2.24, 2.45) is 0 Å². The summed E-state index contributed by atoms with van der Waals surface area (Å²) < 4.78 is 2.32. The van der Waals surface area contributed by atoms with Crippen molar-refractivity contribution in [2.45, 2.75) is 37.4 Å². The van der Waals surface area contributed by atoms with Crippen LogP contribution in [0, 0.1) is 0 Å². The van der Waals surface area contributed by atoms with Crippen molar-refractivity contribution in [2.75, 3.05) is 39.5 Å². The van der Waals surface area contributed by atoms with Crippen LogP contribution >= 0.6 is 11.8 Å². The van der Waals surface area contributed by atoms with Crippen LogP contribution in [0.15, 0.2) is 5.16 Å². The molecule has 1 N–H and O–H groups in total. The van der Waals surface area contributed by atoms with Crippen molar-refractivity contribution < 1.29 is 0 Å². The van der Waals surface area contributed by atoms with E-state index in [-0.39, 0.29) is 0 Å². The number of hydrogen-bond acceptors (Lipinski definition) is 5. The molecule has 19 heavy (non-hydrogen) atoms. The number of hydrogen-bond donors (Lipinski definition) is 1. The molecule has 0 bridgehead atoms. The van der Waals surface area contributed by atoms with E-state index in [1.165, 1.54) is 25.1 Å². The van der Waals surface area contributed by atoms with Gasteiger partial charge in [0, 0.05) is 38.4 Å². The summed E-state index contributed by atoms with van der Waals surface area (Å²) in [7, 11) is 4.20. The number of likely N-dealkylation sites (N-methyl/N-ethyl adjacent to an activating group) is 1. The molecule has 1 aliphatic heterocycles. The Hall–Kier alpha value is -0.590. The van der Waals surface area contributed by atoms with Crippen LogP contribution < -0.4 is 5.32 Å². The average molecular weight is 283 g/mol. The summed E-state index contributed by atoms with van der Waals surface area (Å²) in [4.78, 5) is 2.19. The summed E-state index contributed by atoms with van der Waals surface area (Å²) in [6.07, 6.45) is 4.93. The van der Waals surface area contributed by atoms with E-state index in [4.69, 9.17) is 0 Å². The average Bonchev–Trinajstić information content (AvgIpc) is 2.61. The number of aryl methyl sites for hydroxylation is 1. The van der Waals surface area contributed by atoms with Crippen LogP contribution in [-0.2, 0) is 13.0 Å². The number of nitrogens with zero attached hydrogens (tertiary/aromatic N) is 4. The predicted octanol–water partition coefficient (Wildman–Crippen LogP) is 1.25. The quantitative estimate of drug-likeness (QED) is 0.603. The Balaban J connectivity index is 1.70. The summed E-state index contributed by atoms with van der Waals surface area (Å²) in [5.74, 6) is 2.24. The van der Waals surface area contributed by atoms with Gasteiger partial charge < -0.3 is 14.8 Å². The Bertz CT molecular complexity index is 377. The molecule has 0 atom stereocenters. The highest BCUT2D eigenvalue weighted by Gasteiger charge is 2.14. The fraction of sp³-hybridized carbons (Fsp3) is 0.846. The summed E-state index contributed by atoms with van der Waals surface area (Å²) in [5.41, 5.74) is 0. The predicted molar refractivity (Wildman–Crippen MR) is 79.7 cm³/mol. The van der Waals surface area contributed by atoms with Crippen LogP contribution in [0.2, 0.25) is 0 Å². The van der Waals surface area contributed by atoms with Crippen LogP contribution in [0.4, 0.5) is 0 Å². The topological polar surface area (TPSA) is 46.0 Å². The molecule has 1 aromatic rings. The molecule has 0 aliphatic carbocycles. The standard InChI is InChI=1S/C13H25N5S/c1-17(2)10-7-14-8-11-19-13-16-15-12-6-4-3-5-9-18(12)13/h14H,3-11H2,1-2H3. The Morgan fingerprint density at radius 1 is 1.21 bits per heavy atom. The summed E-state index contributed by atoms with van der Waals surface area (Å²) >= 11 is 1.82. The van der Waals surface area contributed by atoms with Gasteiger partial charge in [-0.05, 0) is 26.9 Å². The van der Waals surface area contributed by atoms with Crippen molar-refractivity contribution in [3.05, 3.63) is 5.82 Å². The minimum absolute atomic E-state index is 1.03. The van der Waals surface area contributed by atoms with Gasteiger partial charge >= 0.3 is 0 Å². The molecule has 0 saturated carbocycles. The first-order valence-electron chi connectivity index (χ1n) is 7.17. The van der Waals surface area contributed by atoms with E-state index < -0.39 is 0 Å². The Morgan fingerprint density at radius 2 is 2.11 bits per heavy atom. The molecule has 1 aromatic heterocycles. The van der Waals surface area contributed by atoms with Crippen molar-refractivity contribution in [1.82, 2.24) is 25.0 Å². The number of aromatic nitrogens is 3. The van der Waals surface area contributed by atoms with Gasteiger partial charge in [-0.3, -0.25) is 0 Å². The Morgan fingerprint density at radius 3 is 2.95 bits per heavy atom. The first-order chi connectivity index (χ1) is 9.27. The molecule has 5 nitrogen and oxygen atoms in total. The lowest BCUT2D eigenvalue weighted by Crippen LogP contribution is -2.28. The number of rotatable bonds is 7. The van der Waals surface area contributed by atoms with Crippen LogP contribution in [0.5, 0.6) is 0 Å². The highest BCUT2D eigenvalue weighted by atomic mass is 32.2. The zero-order chi connectivity index (χ0) is 13.5. The lowest BCUT2D eigenvalue weighted by molar-refractivity contribution is 0.403. The molecule has 0 radical (unpaired) electrons. The number of nitrogens with one attached hydrogen (secondary N) is 1. The van der Waals surface area contributed by atoms with Crippen LogP contribution in [-0.4, -0.2) is 59.1 Å². The van der Waals surface area contributed by atoms with E-state index >= 15 is 0 Å². The van der Waals surface area contributed by atoms with Crippen LogP contribution in [0.1, 0.15) is 25.1 Å². The van der Waals surface area contributed by atoms with Crippen molar-refractivity contribution in [1.29, 1.82) is 0 Å². The summed E-state index contributed by atoms with van der Waals surface area (Å²) in [6.45, 7) is 4.26. The fourth-order valence-corrected chi connectivity index (χ4v) is 3.09. The molecule has 0 fully saturated rings. The monoisotopic (exact) mass is 283 g/mol. The zero-order valence-electron chi connectivity index (χ0n) is 12.1. The molecule has 0 spiro atoms. The molecule has 0 amide bonds. The second-order valence-electron chi connectivity index (χ2n) is 5.26. The van der Waals surface area contributed by atoms with Gasteiger partial charge in [-0.15, -0.1) is 10.2 Å². The van der Waals surface area contributed by atoms with E-state index in [2.05, 4.69) is 39.1 Å². The highest BCUT2D eigenvalue weighted by molar-refractivity contribution is 7.99. The minimum Gasteiger partial charge on any atom is -0.315 e. The van der Waals surface area contributed by atoms with E-state index in [0.29, 0.717) is 0 Å². The smallest absolute Gasteiger partial charge is 0.191 e. The van der Waals surface area contributed by atoms with Gasteiger partial charge in [-0.1, -0.05) is 18.2 Å². The van der Waals surface area contributed by atoms with Gasteiger partial charge in [0.1, 0.15) is 5.82 Å². The van der Waals surface area contributed by atoms with Crippen LogP contribution in [0.3, 0.4) is 0 Å². The third-order valence-electron chi connectivity index (χ3n) is 3.32. The van der Waals surface area contributed by atoms with E-state index in [1.54, 1.807) is 0 Å². The maximum atomic E-state index is 4.33. The maximum Gasteiger partial charge on any atom is 0.191 e. The summed E-state index contributed by atoms with van der Waals surface area (Å²) in [6, 6.07) is 0.